The minimum Gasteiger partial charge on any atom is -0.478 e. The van der Waals surface area contributed by atoms with Crippen molar-refractivity contribution in [3.63, 3.8) is 0 Å². The lowest BCUT2D eigenvalue weighted by atomic mass is 9.95. The molecule has 4 aliphatic heterocycles. The van der Waals surface area contributed by atoms with E-state index in [0.29, 0.717) is 30.0 Å². The summed E-state index contributed by atoms with van der Waals surface area (Å²) in [4.78, 5) is 56.8. The number of hydrogen-bond acceptors (Lipinski definition) is 7. The second-order valence-electron chi connectivity index (χ2n) is 11.3. The summed E-state index contributed by atoms with van der Waals surface area (Å²) in [6.45, 7) is 7.32. The molecular formula is C30H35N5O5. The Balaban J connectivity index is 0.986. The summed E-state index contributed by atoms with van der Waals surface area (Å²) in [6.07, 6.45) is 2.89. The number of nitrogens with one attached hydrogen (secondary N) is 1. The molecule has 210 valence electrons. The highest BCUT2D eigenvalue weighted by Gasteiger charge is 2.39. The van der Waals surface area contributed by atoms with Gasteiger partial charge in [-0.1, -0.05) is 0 Å². The molecule has 4 aliphatic rings. The maximum Gasteiger partial charge on any atom is 0.335 e. The number of carbonyl (C=O) groups is 4. The third kappa shape index (κ3) is 5.28. The van der Waals surface area contributed by atoms with E-state index in [2.05, 4.69) is 26.1 Å². The van der Waals surface area contributed by atoms with Crippen molar-refractivity contribution < 1.29 is 24.3 Å². The fourth-order valence-corrected chi connectivity index (χ4v) is 6.50. The number of carboxylic acids is 1. The number of rotatable bonds is 6. The Morgan fingerprint density at radius 1 is 0.850 bits per heavy atom. The smallest absolute Gasteiger partial charge is 0.335 e. The van der Waals surface area contributed by atoms with Crippen LogP contribution in [0.5, 0.6) is 0 Å². The topological polar surface area (TPSA) is 114 Å². The number of nitrogens with zero attached hydrogens (tertiary/aromatic N) is 4. The second-order valence-corrected chi connectivity index (χ2v) is 11.3. The van der Waals surface area contributed by atoms with Gasteiger partial charge >= 0.3 is 5.97 Å². The monoisotopic (exact) mass is 545 g/mol. The van der Waals surface area contributed by atoms with E-state index in [4.69, 9.17) is 5.11 Å². The van der Waals surface area contributed by atoms with Crippen LogP contribution in [0.25, 0.3) is 0 Å². The van der Waals surface area contributed by atoms with Gasteiger partial charge in [-0.3, -0.25) is 24.6 Å². The van der Waals surface area contributed by atoms with E-state index in [1.54, 1.807) is 17.0 Å². The molecule has 3 saturated heterocycles. The first-order chi connectivity index (χ1) is 19.4. The highest BCUT2D eigenvalue weighted by molar-refractivity contribution is 6.05. The summed E-state index contributed by atoms with van der Waals surface area (Å²) in [7, 11) is 0. The van der Waals surface area contributed by atoms with Gasteiger partial charge in [0.15, 0.2) is 0 Å². The molecule has 2 aromatic carbocycles. The SMILES string of the molecule is O=C1CCC(N2Cc3cc(N4CCN(CC5CCN(c6ccc(C(=O)O)cc6)CC5)CC4)ccc3C2=O)C(=O)N1. The molecule has 4 heterocycles. The molecule has 40 heavy (non-hydrogen) atoms. The molecule has 3 fully saturated rings. The van der Waals surface area contributed by atoms with Crippen LogP contribution in [0, 0.1) is 5.92 Å². The summed E-state index contributed by atoms with van der Waals surface area (Å²) in [5, 5.41) is 11.5. The van der Waals surface area contributed by atoms with E-state index in [-0.39, 0.29) is 24.1 Å². The molecular weight excluding hydrogens is 510 g/mol. The zero-order valence-corrected chi connectivity index (χ0v) is 22.6. The van der Waals surface area contributed by atoms with E-state index in [1.807, 2.05) is 24.3 Å². The van der Waals surface area contributed by atoms with Crippen molar-refractivity contribution >= 4 is 35.1 Å². The Bertz CT molecular complexity index is 1310. The number of carboxylic acid groups (broad SMARTS) is 1. The first-order valence-corrected chi connectivity index (χ1v) is 14.2. The summed E-state index contributed by atoms with van der Waals surface area (Å²) >= 11 is 0. The van der Waals surface area contributed by atoms with E-state index < -0.39 is 12.0 Å². The quantitative estimate of drug-likeness (QED) is 0.532. The maximum absolute atomic E-state index is 13.0. The summed E-state index contributed by atoms with van der Waals surface area (Å²) < 4.78 is 0. The van der Waals surface area contributed by atoms with Gasteiger partial charge in [-0.2, -0.15) is 0 Å². The van der Waals surface area contributed by atoms with Gasteiger partial charge in [0, 0.05) is 75.7 Å². The molecule has 6 rings (SSSR count). The molecule has 10 heteroatoms. The third-order valence-electron chi connectivity index (χ3n) is 8.85. The highest BCUT2D eigenvalue weighted by atomic mass is 16.4. The van der Waals surface area contributed by atoms with Crippen molar-refractivity contribution in [1.29, 1.82) is 0 Å². The van der Waals surface area contributed by atoms with Crippen LogP contribution in [0.15, 0.2) is 42.5 Å². The van der Waals surface area contributed by atoms with Gasteiger partial charge in [0.25, 0.3) is 5.91 Å². The number of anilines is 2. The van der Waals surface area contributed by atoms with Gasteiger partial charge in [-0.05, 0) is 73.2 Å². The molecule has 0 aromatic heterocycles. The maximum atomic E-state index is 13.0. The zero-order valence-electron chi connectivity index (χ0n) is 22.6. The van der Waals surface area contributed by atoms with Crippen molar-refractivity contribution in [2.24, 2.45) is 5.92 Å². The van der Waals surface area contributed by atoms with E-state index in [9.17, 15) is 19.2 Å². The van der Waals surface area contributed by atoms with Crippen LogP contribution in [0.2, 0.25) is 0 Å². The molecule has 10 nitrogen and oxygen atoms in total. The Hall–Kier alpha value is -3.92. The van der Waals surface area contributed by atoms with Gasteiger partial charge in [0.05, 0.1) is 5.56 Å². The Kier molecular flexibility index (Phi) is 7.18. The van der Waals surface area contributed by atoms with Gasteiger partial charge in [0.2, 0.25) is 11.8 Å². The molecule has 0 spiro atoms. The van der Waals surface area contributed by atoms with Crippen LogP contribution in [-0.4, -0.2) is 90.5 Å². The van der Waals surface area contributed by atoms with Gasteiger partial charge in [-0.15, -0.1) is 0 Å². The number of fused-ring (bicyclic) bond motifs is 1. The third-order valence-corrected chi connectivity index (χ3v) is 8.85. The molecule has 1 atom stereocenters. The molecule has 0 radical (unpaired) electrons. The van der Waals surface area contributed by atoms with Crippen molar-refractivity contribution in [1.82, 2.24) is 15.1 Å². The second kappa shape index (κ2) is 10.9. The Labute approximate surface area is 233 Å². The lowest BCUT2D eigenvalue weighted by Gasteiger charge is -2.40. The zero-order chi connectivity index (χ0) is 27.8. The summed E-state index contributed by atoms with van der Waals surface area (Å²) in [5.41, 5.74) is 4.11. The van der Waals surface area contributed by atoms with Crippen molar-refractivity contribution in [3.8, 4) is 0 Å². The van der Waals surface area contributed by atoms with Crippen molar-refractivity contribution in [3.05, 3.63) is 59.2 Å². The van der Waals surface area contributed by atoms with Crippen LogP contribution in [0.4, 0.5) is 11.4 Å². The number of imide groups is 1. The van der Waals surface area contributed by atoms with Crippen LogP contribution in [-0.2, 0) is 16.1 Å². The minimum absolute atomic E-state index is 0.135. The van der Waals surface area contributed by atoms with Gasteiger partial charge in [0.1, 0.15) is 6.04 Å². The number of amides is 3. The molecule has 2 N–H and O–H groups in total. The molecule has 0 aliphatic carbocycles. The number of piperidine rings is 2. The predicted molar refractivity (Wildman–Crippen MR) is 149 cm³/mol. The van der Waals surface area contributed by atoms with Crippen LogP contribution < -0.4 is 15.1 Å². The normalized spacial score (nSPS) is 22.4. The molecule has 1 unspecified atom stereocenters. The molecule has 2 aromatic rings. The first-order valence-electron chi connectivity index (χ1n) is 14.2. The lowest BCUT2D eigenvalue weighted by molar-refractivity contribution is -0.136. The molecule has 3 amide bonds. The average Bonchev–Trinajstić information content (AvgIpc) is 3.29. The van der Waals surface area contributed by atoms with Crippen LogP contribution in [0.1, 0.15) is 52.0 Å². The number of hydrogen-bond donors (Lipinski definition) is 2. The average molecular weight is 546 g/mol. The highest BCUT2D eigenvalue weighted by Crippen LogP contribution is 2.31. The van der Waals surface area contributed by atoms with Crippen LogP contribution in [0.3, 0.4) is 0 Å². The van der Waals surface area contributed by atoms with Crippen molar-refractivity contribution in [2.45, 2.75) is 38.3 Å². The molecule has 0 saturated carbocycles. The van der Waals surface area contributed by atoms with E-state index >= 15 is 0 Å². The van der Waals surface area contributed by atoms with Crippen LogP contribution >= 0.6 is 0 Å². The number of piperazine rings is 1. The van der Waals surface area contributed by atoms with E-state index in [0.717, 1.165) is 75.6 Å². The Morgan fingerprint density at radius 3 is 2.20 bits per heavy atom. The number of benzene rings is 2. The van der Waals surface area contributed by atoms with E-state index in [1.165, 1.54) is 0 Å². The largest absolute Gasteiger partial charge is 0.478 e. The number of aromatic carboxylic acids is 1. The standard InChI is InChI=1S/C30H35N5O5/c36-27-8-7-26(28(37)31-27)35-19-22-17-24(5-6-25(22)29(35)38)34-15-13-32(14-16-34)18-20-9-11-33(12-10-20)23-3-1-21(2-4-23)30(39)40/h1-6,17,20,26H,7-16,18-19H2,(H,39,40)(H,31,36,37). The van der Waals surface area contributed by atoms with Gasteiger partial charge in [-0.25, -0.2) is 4.79 Å². The Morgan fingerprint density at radius 2 is 1.52 bits per heavy atom. The minimum atomic E-state index is -0.895. The number of carbonyl (C=O) groups excluding carboxylic acids is 3. The lowest BCUT2D eigenvalue weighted by Crippen LogP contribution is -2.52. The van der Waals surface area contributed by atoms with Crippen molar-refractivity contribution in [2.75, 3.05) is 55.6 Å². The fourth-order valence-electron chi connectivity index (χ4n) is 6.50. The summed E-state index contributed by atoms with van der Waals surface area (Å²) in [5.74, 6) is -1.03. The van der Waals surface area contributed by atoms with Gasteiger partial charge < -0.3 is 19.8 Å². The molecule has 0 bridgehead atoms. The summed E-state index contributed by atoms with van der Waals surface area (Å²) in [6, 6.07) is 12.6. The fraction of sp³-hybridized carbons (Fsp3) is 0.467. The predicted octanol–water partition coefficient (Wildman–Crippen LogP) is 2.18. The first kappa shape index (κ1) is 26.3.